The predicted molar refractivity (Wildman–Crippen MR) is 161 cm³/mol. The lowest BCUT2D eigenvalue weighted by atomic mass is 10.2. The molecular formula is C33H23N5S. The monoisotopic (exact) mass is 521 g/mol. The van der Waals surface area contributed by atoms with Crippen LogP contribution in [-0.4, -0.2) is 25.1 Å². The largest absolute Gasteiger partial charge is 0.324 e. The van der Waals surface area contributed by atoms with Gasteiger partial charge in [-0.15, -0.1) is 11.3 Å². The lowest BCUT2D eigenvalue weighted by Gasteiger charge is -2.17. The highest BCUT2D eigenvalue weighted by Gasteiger charge is 2.29. The Labute approximate surface area is 228 Å². The second-order valence-electron chi connectivity index (χ2n) is 10.1. The minimum absolute atomic E-state index is 0.974. The van der Waals surface area contributed by atoms with Gasteiger partial charge in [0.2, 0.25) is 0 Å². The first kappa shape index (κ1) is 21.2. The van der Waals surface area contributed by atoms with E-state index < -0.39 is 0 Å². The SMILES string of the molecule is c1ccc(N2CCc3sc4c(cc5n(-c6cccc(-n7ccc8ccccc87)c6)c6ccccc6n45)c32)nc1. The van der Waals surface area contributed by atoms with E-state index in [1.807, 2.05) is 23.6 Å². The lowest BCUT2D eigenvalue weighted by molar-refractivity contribution is 0.980. The Balaban J connectivity index is 1.29. The van der Waals surface area contributed by atoms with Crippen molar-refractivity contribution in [3.63, 3.8) is 0 Å². The fourth-order valence-corrected chi connectivity index (χ4v) is 7.62. The molecule has 186 valence electrons. The molecule has 0 aliphatic carbocycles. The minimum Gasteiger partial charge on any atom is -0.324 e. The van der Waals surface area contributed by atoms with Crippen LogP contribution in [0.3, 0.4) is 0 Å². The molecule has 6 heteroatoms. The number of imidazole rings is 1. The fourth-order valence-electron chi connectivity index (χ4n) is 6.32. The van der Waals surface area contributed by atoms with Crippen LogP contribution < -0.4 is 4.90 Å². The summed E-state index contributed by atoms with van der Waals surface area (Å²) in [5.41, 5.74) is 8.46. The average molecular weight is 522 g/mol. The van der Waals surface area contributed by atoms with Gasteiger partial charge in [-0.05, 0) is 66.0 Å². The van der Waals surface area contributed by atoms with Crippen molar-refractivity contribution in [3.05, 3.63) is 120 Å². The van der Waals surface area contributed by atoms with E-state index in [1.54, 1.807) is 0 Å². The predicted octanol–water partition coefficient (Wildman–Crippen LogP) is 8.13. The van der Waals surface area contributed by atoms with Crippen molar-refractivity contribution in [2.24, 2.45) is 0 Å². The first-order valence-electron chi connectivity index (χ1n) is 13.3. The number of aromatic nitrogens is 4. The van der Waals surface area contributed by atoms with Gasteiger partial charge in [-0.25, -0.2) is 4.98 Å². The Morgan fingerprint density at radius 2 is 1.54 bits per heavy atom. The Hall–Kier alpha value is -4.81. The summed E-state index contributed by atoms with van der Waals surface area (Å²) in [6.07, 6.45) is 5.10. The van der Waals surface area contributed by atoms with Gasteiger partial charge in [0, 0.05) is 47.0 Å². The first-order valence-corrected chi connectivity index (χ1v) is 14.1. The van der Waals surface area contributed by atoms with E-state index in [0.29, 0.717) is 0 Å². The van der Waals surface area contributed by atoms with Gasteiger partial charge in [-0.3, -0.25) is 8.97 Å². The molecule has 9 rings (SSSR count). The summed E-state index contributed by atoms with van der Waals surface area (Å²) in [7, 11) is 0. The van der Waals surface area contributed by atoms with E-state index >= 15 is 0 Å². The van der Waals surface area contributed by atoms with Crippen LogP contribution in [0, 0.1) is 0 Å². The molecule has 8 aromatic rings. The standard InChI is InChI=1S/C33H23N5S/c1-2-11-26-22(8-1)15-18-35(26)23-9-7-10-24(20-23)37-27-12-3-4-13-28(27)38-31(37)21-25-32-29(39-33(25)38)16-19-36(32)30-14-5-6-17-34-30/h1-15,17-18,20-21H,16,19H2. The molecule has 0 saturated carbocycles. The summed E-state index contributed by atoms with van der Waals surface area (Å²) in [4.78, 5) is 9.81. The molecule has 1 aliphatic heterocycles. The molecule has 6 heterocycles. The van der Waals surface area contributed by atoms with Crippen LogP contribution in [-0.2, 0) is 6.42 Å². The van der Waals surface area contributed by atoms with Gasteiger partial charge in [-0.1, -0.05) is 42.5 Å². The highest BCUT2D eigenvalue weighted by Crippen LogP contribution is 2.47. The molecule has 0 spiro atoms. The van der Waals surface area contributed by atoms with Crippen molar-refractivity contribution >= 4 is 60.6 Å². The number of nitrogens with zero attached hydrogens (tertiary/aromatic N) is 5. The molecule has 3 aromatic carbocycles. The Kier molecular flexibility index (Phi) is 4.26. The summed E-state index contributed by atoms with van der Waals surface area (Å²) in [6.45, 7) is 0.974. The van der Waals surface area contributed by atoms with Gasteiger partial charge in [0.05, 0.1) is 22.2 Å². The molecule has 39 heavy (non-hydrogen) atoms. The number of anilines is 2. The Morgan fingerprint density at radius 1 is 0.718 bits per heavy atom. The van der Waals surface area contributed by atoms with Gasteiger partial charge >= 0.3 is 0 Å². The molecular weight excluding hydrogens is 498 g/mol. The number of rotatable bonds is 3. The number of pyridine rings is 1. The lowest BCUT2D eigenvalue weighted by Crippen LogP contribution is -2.14. The summed E-state index contributed by atoms with van der Waals surface area (Å²) < 4.78 is 7.13. The molecule has 0 bridgehead atoms. The smallest absolute Gasteiger partial charge is 0.132 e. The highest BCUT2D eigenvalue weighted by atomic mass is 32.1. The quantitative estimate of drug-likeness (QED) is 0.235. The van der Waals surface area contributed by atoms with Crippen LogP contribution in [0.1, 0.15) is 4.88 Å². The zero-order valence-electron chi connectivity index (χ0n) is 21.0. The highest BCUT2D eigenvalue weighted by molar-refractivity contribution is 7.19. The van der Waals surface area contributed by atoms with Crippen molar-refractivity contribution in [1.82, 2.24) is 18.5 Å². The van der Waals surface area contributed by atoms with E-state index in [2.05, 4.69) is 127 Å². The van der Waals surface area contributed by atoms with E-state index in [4.69, 9.17) is 0 Å². The number of fused-ring (bicyclic) bond motifs is 8. The summed E-state index contributed by atoms with van der Waals surface area (Å²) >= 11 is 1.92. The van der Waals surface area contributed by atoms with E-state index in [0.717, 1.165) is 30.2 Å². The number of hydrogen-bond acceptors (Lipinski definition) is 3. The minimum atomic E-state index is 0.974. The van der Waals surface area contributed by atoms with Crippen LogP contribution in [0.4, 0.5) is 11.5 Å². The normalized spacial score (nSPS) is 13.4. The average Bonchev–Trinajstić information content (AvgIpc) is 3.78. The molecule has 1 aliphatic rings. The summed E-state index contributed by atoms with van der Waals surface area (Å²) in [6, 6.07) is 36.9. The van der Waals surface area contributed by atoms with Crippen molar-refractivity contribution in [2.75, 3.05) is 11.4 Å². The third-order valence-corrected chi connectivity index (χ3v) is 9.23. The van der Waals surface area contributed by atoms with Crippen molar-refractivity contribution < 1.29 is 0 Å². The van der Waals surface area contributed by atoms with Crippen LogP contribution in [0.15, 0.2) is 116 Å². The van der Waals surface area contributed by atoms with Crippen LogP contribution in [0.25, 0.3) is 49.2 Å². The van der Waals surface area contributed by atoms with Gasteiger partial charge in [0.1, 0.15) is 16.3 Å². The number of thiophene rings is 1. The van der Waals surface area contributed by atoms with Gasteiger partial charge in [-0.2, -0.15) is 0 Å². The zero-order chi connectivity index (χ0) is 25.5. The van der Waals surface area contributed by atoms with Crippen LogP contribution >= 0.6 is 11.3 Å². The van der Waals surface area contributed by atoms with Gasteiger partial charge in [0.25, 0.3) is 0 Å². The third kappa shape index (κ3) is 2.92. The van der Waals surface area contributed by atoms with Crippen molar-refractivity contribution in [1.29, 1.82) is 0 Å². The molecule has 0 atom stereocenters. The number of hydrogen-bond donors (Lipinski definition) is 0. The fraction of sp³-hybridized carbons (Fsp3) is 0.0606. The maximum atomic E-state index is 4.67. The van der Waals surface area contributed by atoms with Crippen molar-refractivity contribution in [3.8, 4) is 11.4 Å². The maximum absolute atomic E-state index is 4.67. The molecule has 0 fully saturated rings. The van der Waals surface area contributed by atoms with E-state index in [1.165, 1.54) is 48.4 Å². The Morgan fingerprint density at radius 3 is 2.44 bits per heavy atom. The van der Waals surface area contributed by atoms with Crippen LogP contribution in [0.5, 0.6) is 0 Å². The molecule has 0 radical (unpaired) electrons. The summed E-state index contributed by atoms with van der Waals surface area (Å²) in [5.74, 6) is 1.02. The Bertz CT molecular complexity index is 2190. The maximum Gasteiger partial charge on any atom is 0.132 e. The molecule has 0 unspecified atom stereocenters. The zero-order valence-corrected chi connectivity index (χ0v) is 21.8. The van der Waals surface area contributed by atoms with Crippen molar-refractivity contribution in [2.45, 2.75) is 6.42 Å². The first-order chi connectivity index (χ1) is 19.3. The number of benzene rings is 3. The second-order valence-corrected chi connectivity index (χ2v) is 11.2. The molecule has 0 saturated heterocycles. The third-order valence-electron chi connectivity index (χ3n) is 7.99. The molecule has 5 aromatic heterocycles. The van der Waals surface area contributed by atoms with E-state index in [9.17, 15) is 0 Å². The van der Waals surface area contributed by atoms with Gasteiger partial charge < -0.3 is 9.47 Å². The van der Waals surface area contributed by atoms with Gasteiger partial charge in [0.15, 0.2) is 0 Å². The summed E-state index contributed by atoms with van der Waals surface area (Å²) in [5, 5.41) is 2.55. The molecule has 5 nitrogen and oxygen atoms in total. The molecule has 0 amide bonds. The second kappa shape index (κ2) is 7.85. The van der Waals surface area contributed by atoms with E-state index in [-0.39, 0.29) is 0 Å². The number of para-hydroxylation sites is 3. The molecule has 0 N–H and O–H groups in total. The topological polar surface area (TPSA) is 30.4 Å². The van der Waals surface area contributed by atoms with Crippen LogP contribution in [0.2, 0.25) is 0 Å².